The van der Waals surface area contributed by atoms with Crippen molar-refractivity contribution in [3.63, 3.8) is 0 Å². The van der Waals surface area contributed by atoms with Gasteiger partial charge < -0.3 is 11.5 Å². The van der Waals surface area contributed by atoms with Gasteiger partial charge in [-0.1, -0.05) is 6.07 Å². The van der Waals surface area contributed by atoms with Crippen LogP contribution >= 0.6 is 0 Å². The summed E-state index contributed by atoms with van der Waals surface area (Å²) in [7, 11) is 0. The standard InChI is InChI=1S/C10H8F2N2/c11-7-4-6(13)3-5-1-2-8(14)10(12)9(5)7/h1-4H,13-14H2. The van der Waals surface area contributed by atoms with E-state index < -0.39 is 11.6 Å². The molecule has 2 nitrogen and oxygen atoms in total. The third kappa shape index (κ3) is 1.16. The van der Waals surface area contributed by atoms with Crippen molar-refractivity contribution in [3.05, 3.63) is 35.9 Å². The van der Waals surface area contributed by atoms with E-state index >= 15 is 0 Å². The Bertz CT molecular complexity index is 509. The van der Waals surface area contributed by atoms with Crippen molar-refractivity contribution in [1.82, 2.24) is 0 Å². The van der Waals surface area contributed by atoms with Gasteiger partial charge in [0, 0.05) is 5.69 Å². The minimum Gasteiger partial charge on any atom is -0.399 e. The van der Waals surface area contributed by atoms with Gasteiger partial charge in [-0.15, -0.1) is 0 Å². The summed E-state index contributed by atoms with van der Waals surface area (Å²) >= 11 is 0. The number of nitrogen functional groups attached to an aromatic ring is 2. The summed E-state index contributed by atoms with van der Waals surface area (Å²) in [5.74, 6) is -1.43. The fourth-order valence-corrected chi connectivity index (χ4v) is 1.41. The number of fused-ring (bicyclic) bond motifs is 1. The highest BCUT2D eigenvalue weighted by Gasteiger charge is 2.10. The molecule has 0 aromatic heterocycles. The van der Waals surface area contributed by atoms with Gasteiger partial charge >= 0.3 is 0 Å². The Balaban J connectivity index is 2.95. The smallest absolute Gasteiger partial charge is 0.156 e. The Morgan fingerprint density at radius 1 is 1.00 bits per heavy atom. The molecular formula is C10H8F2N2. The summed E-state index contributed by atoms with van der Waals surface area (Å²) < 4.78 is 26.7. The van der Waals surface area contributed by atoms with E-state index in [4.69, 9.17) is 11.5 Å². The molecule has 4 N–H and O–H groups in total. The van der Waals surface area contributed by atoms with Crippen LogP contribution in [0.1, 0.15) is 0 Å². The molecule has 0 bridgehead atoms. The highest BCUT2D eigenvalue weighted by atomic mass is 19.1. The van der Waals surface area contributed by atoms with E-state index in [0.29, 0.717) is 5.39 Å². The van der Waals surface area contributed by atoms with Gasteiger partial charge in [-0.2, -0.15) is 0 Å². The van der Waals surface area contributed by atoms with Crippen molar-refractivity contribution >= 4 is 22.1 Å². The second-order valence-corrected chi connectivity index (χ2v) is 3.07. The number of anilines is 2. The molecule has 0 saturated heterocycles. The summed E-state index contributed by atoms with van der Waals surface area (Å²) in [6.45, 7) is 0. The van der Waals surface area contributed by atoms with E-state index in [-0.39, 0.29) is 16.8 Å². The molecule has 0 amide bonds. The predicted octanol–water partition coefficient (Wildman–Crippen LogP) is 2.28. The predicted molar refractivity (Wildman–Crippen MR) is 52.7 cm³/mol. The highest BCUT2D eigenvalue weighted by Crippen LogP contribution is 2.27. The second-order valence-electron chi connectivity index (χ2n) is 3.07. The van der Waals surface area contributed by atoms with Crippen molar-refractivity contribution in [1.29, 1.82) is 0 Å². The summed E-state index contributed by atoms with van der Waals surface area (Å²) in [4.78, 5) is 0. The zero-order valence-corrected chi connectivity index (χ0v) is 7.22. The van der Waals surface area contributed by atoms with Crippen molar-refractivity contribution < 1.29 is 8.78 Å². The Hall–Kier alpha value is -1.84. The van der Waals surface area contributed by atoms with Crippen LogP contribution in [0.5, 0.6) is 0 Å². The zero-order chi connectivity index (χ0) is 10.3. The fraction of sp³-hybridized carbons (Fsp3) is 0. The Kier molecular flexibility index (Phi) is 1.77. The van der Waals surface area contributed by atoms with E-state index in [9.17, 15) is 8.78 Å². The van der Waals surface area contributed by atoms with Crippen LogP contribution in [0, 0.1) is 11.6 Å². The van der Waals surface area contributed by atoms with Gasteiger partial charge in [0.05, 0.1) is 11.1 Å². The van der Waals surface area contributed by atoms with E-state index in [1.807, 2.05) is 0 Å². The molecule has 72 valence electrons. The van der Waals surface area contributed by atoms with Gasteiger partial charge in [-0.3, -0.25) is 0 Å². The lowest BCUT2D eigenvalue weighted by Crippen LogP contribution is -1.95. The molecule has 0 atom stereocenters. The summed E-state index contributed by atoms with van der Waals surface area (Å²) in [6.07, 6.45) is 0. The van der Waals surface area contributed by atoms with Crippen LogP contribution < -0.4 is 11.5 Å². The van der Waals surface area contributed by atoms with Gasteiger partial charge in [0.1, 0.15) is 5.82 Å². The van der Waals surface area contributed by atoms with Crippen molar-refractivity contribution in [2.75, 3.05) is 11.5 Å². The molecule has 0 saturated carbocycles. The molecule has 0 fully saturated rings. The molecule has 0 unspecified atom stereocenters. The Labute approximate surface area is 79.1 Å². The van der Waals surface area contributed by atoms with Gasteiger partial charge in [-0.05, 0) is 23.6 Å². The van der Waals surface area contributed by atoms with E-state index in [0.717, 1.165) is 6.07 Å². The van der Waals surface area contributed by atoms with Gasteiger partial charge in [0.15, 0.2) is 5.82 Å². The van der Waals surface area contributed by atoms with Gasteiger partial charge in [0.2, 0.25) is 0 Å². The molecule has 0 aliphatic carbocycles. The quantitative estimate of drug-likeness (QED) is 0.632. The Morgan fingerprint density at radius 3 is 2.43 bits per heavy atom. The summed E-state index contributed by atoms with van der Waals surface area (Å²) in [5, 5.41) is 0.299. The molecule has 2 aromatic carbocycles. The van der Waals surface area contributed by atoms with Crippen LogP contribution in [0.4, 0.5) is 20.2 Å². The first-order valence-electron chi connectivity index (χ1n) is 4.02. The van der Waals surface area contributed by atoms with E-state index in [1.165, 1.54) is 18.2 Å². The molecule has 2 aromatic rings. The van der Waals surface area contributed by atoms with Crippen LogP contribution in [0.15, 0.2) is 24.3 Å². The van der Waals surface area contributed by atoms with E-state index in [1.54, 1.807) is 0 Å². The zero-order valence-electron chi connectivity index (χ0n) is 7.22. The van der Waals surface area contributed by atoms with Crippen LogP contribution in [0.2, 0.25) is 0 Å². The molecule has 14 heavy (non-hydrogen) atoms. The summed E-state index contributed by atoms with van der Waals surface area (Å²) in [6, 6.07) is 5.50. The minimum atomic E-state index is -0.736. The van der Waals surface area contributed by atoms with Gasteiger partial charge in [0.25, 0.3) is 0 Å². The van der Waals surface area contributed by atoms with Gasteiger partial charge in [-0.25, -0.2) is 8.78 Å². The number of rotatable bonds is 0. The number of nitrogens with two attached hydrogens (primary N) is 2. The SMILES string of the molecule is Nc1cc(F)c2c(F)c(N)ccc2c1. The van der Waals surface area contributed by atoms with Crippen molar-refractivity contribution in [2.45, 2.75) is 0 Å². The molecule has 0 heterocycles. The lowest BCUT2D eigenvalue weighted by atomic mass is 10.1. The number of hydrogen-bond acceptors (Lipinski definition) is 2. The fourth-order valence-electron chi connectivity index (χ4n) is 1.41. The molecule has 0 spiro atoms. The minimum absolute atomic E-state index is 0.0684. The lowest BCUT2D eigenvalue weighted by molar-refractivity contribution is 0.611. The maximum Gasteiger partial charge on any atom is 0.156 e. The average Bonchev–Trinajstić information content (AvgIpc) is 2.10. The third-order valence-corrected chi connectivity index (χ3v) is 2.06. The number of benzene rings is 2. The van der Waals surface area contributed by atoms with Crippen LogP contribution in [0.25, 0.3) is 10.8 Å². The second kappa shape index (κ2) is 2.83. The molecule has 0 aliphatic heterocycles. The lowest BCUT2D eigenvalue weighted by Gasteiger charge is -2.04. The first kappa shape index (κ1) is 8.74. The topological polar surface area (TPSA) is 52.0 Å². The molecule has 0 radical (unpaired) electrons. The van der Waals surface area contributed by atoms with Crippen LogP contribution in [-0.4, -0.2) is 0 Å². The molecule has 2 rings (SSSR count). The average molecular weight is 194 g/mol. The third-order valence-electron chi connectivity index (χ3n) is 2.06. The molecule has 0 aliphatic rings. The monoisotopic (exact) mass is 194 g/mol. The van der Waals surface area contributed by atoms with Crippen molar-refractivity contribution in [3.8, 4) is 0 Å². The van der Waals surface area contributed by atoms with Crippen LogP contribution in [0.3, 0.4) is 0 Å². The maximum absolute atomic E-state index is 13.4. The first-order chi connectivity index (χ1) is 6.59. The highest BCUT2D eigenvalue weighted by molar-refractivity contribution is 5.89. The van der Waals surface area contributed by atoms with Crippen molar-refractivity contribution in [2.24, 2.45) is 0 Å². The molecule has 4 heteroatoms. The first-order valence-corrected chi connectivity index (χ1v) is 4.02. The largest absolute Gasteiger partial charge is 0.399 e. The Morgan fingerprint density at radius 2 is 1.71 bits per heavy atom. The number of halogens is 2. The number of hydrogen-bond donors (Lipinski definition) is 2. The van der Waals surface area contributed by atoms with Crippen LogP contribution in [-0.2, 0) is 0 Å². The maximum atomic E-state index is 13.4. The summed E-state index contributed by atoms with van der Waals surface area (Å²) in [5.41, 5.74) is 10.9. The normalized spacial score (nSPS) is 10.7. The van der Waals surface area contributed by atoms with E-state index in [2.05, 4.69) is 0 Å². The molecular weight excluding hydrogens is 186 g/mol.